The molecule has 0 bridgehead atoms. The molecule has 0 saturated carbocycles. The zero-order valence-corrected chi connectivity index (χ0v) is 14.7. The van der Waals surface area contributed by atoms with E-state index in [2.05, 4.69) is 38.1 Å². The predicted octanol–water partition coefficient (Wildman–Crippen LogP) is 3.49. The summed E-state index contributed by atoms with van der Waals surface area (Å²) in [4.78, 5) is 16.4. The van der Waals surface area contributed by atoms with Gasteiger partial charge in [0, 0.05) is 22.3 Å². The van der Waals surface area contributed by atoms with Crippen molar-refractivity contribution in [2.45, 2.75) is 20.3 Å². The van der Waals surface area contributed by atoms with E-state index in [1.165, 1.54) is 18.9 Å². The van der Waals surface area contributed by atoms with Crippen LogP contribution in [0.3, 0.4) is 0 Å². The van der Waals surface area contributed by atoms with Gasteiger partial charge in [-0.25, -0.2) is 14.3 Å². The SMILES string of the molecule is COC(=O)c1cnn2c(C)c(Cc3cccc(Br)c3)c(C)nc12. The molecule has 0 atom stereocenters. The minimum atomic E-state index is -0.425. The number of aromatic nitrogens is 3. The van der Waals surface area contributed by atoms with Crippen LogP contribution in [0.4, 0.5) is 0 Å². The summed E-state index contributed by atoms with van der Waals surface area (Å²) >= 11 is 3.49. The Morgan fingerprint density at radius 2 is 2.13 bits per heavy atom. The highest BCUT2D eigenvalue weighted by molar-refractivity contribution is 9.10. The van der Waals surface area contributed by atoms with Crippen molar-refractivity contribution in [3.8, 4) is 0 Å². The van der Waals surface area contributed by atoms with Crippen LogP contribution in [0.25, 0.3) is 5.65 Å². The number of carbonyl (C=O) groups is 1. The van der Waals surface area contributed by atoms with E-state index in [9.17, 15) is 4.79 Å². The predicted molar refractivity (Wildman–Crippen MR) is 90.7 cm³/mol. The molecule has 0 N–H and O–H groups in total. The number of benzene rings is 1. The molecule has 0 unspecified atom stereocenters. The Balaban J connectivity index is 2.10. The van der Waals surface area contributed by atoms with Crippen molar-refractivity contribution in [1.29, 1.82) is 0 Å². The van der Waals surface area contributed by atoms with Crippen LogP contribution in [-0.2, 0) is 11.2 Å². The first kappa shape index (κ1) is 15.7. The lowest BCUT2D eigenvalue weighted by molar-refractivity contribution is 0.0602. The fraction of sp³-hybridized carbons (Fsp3) is 0.235. The summed E-state index contributed by atoms with van der Waals surface area (Å²) in [6, 6.07) is 8.18. The molecule has 2 heterocycles. The number of nitrogens with zero attached hydrogens (tertiary/aromatic N) is 3. The molecular weight excluding hydrogens is 358 g/mol. The first-order chi connectivity index (χ1) is 11.0. The van der Waals surface area contributed by atoms with Gasteiger partial charge in [-0.2, -0.15) is 5.10 Å². The van der Waals surface area contributed by atoms with E-state index < -0.39 is 5.97 Å². The second-order valence-electron chi connectivity index (χ2n) is 5.35. The largest absolute Gasteiger partial charge is 0.465 e. The maximum atomic E-state index is 11.8. The fourth-order valence-electron chi connectivity index (χ4n) is 2.67. The molecule has 0 aliphatic heterocycles. The summed E-state index contributed by atoms with van der Waals surface area (Å²) < 4.78 is 7.53. The lowest BCUT2D eigenvalue weighted by Crippen LogP contribution is -2.08. The van der Waals surface area contributed by atoms with Crippen molar-refractivity contribution >= 4 is 27.5 Å². The lowest BCUT2D eigenvalue weighted by atomic mass is 10.0. The number of rotatable bonds is 3. The summed E-state index contributed by atoms with van der Waals surface area (Å²) in [6.45, 7) is 3.94. The molecule has 23 heavy (non-hydrogen) atoms. The average molecular weight is 374 g/mol. The third-order valence-corrected chi connectivity index (χ3v) is 4.38. The van der Waals surface area contributed by atoms with E-state index in [-0.39, 0.29) is 0 Å². The second kappa shape index (κ2) is 6.12. The summed E-state index contributed by atoms with van der Waals surface area (Å²) in [7, 11) is 1.35. The highest BCUT2D eigenvalue weighted by atomic mass is 79.9. The highest BCUT2D eigenvalue weighted by Crippen LogP contribution is 2.22. The van der Waals surface area contributed by atoms with E-state index in [1.807, 2.05) is 26.0 Å². The minimum absolute atomic E-state index is 0.382. The van der Waals surface area contributed by atoms with Crippen LogP contribution >= 0.6 is 15.9 Å². The quantitative estimate of drug-likeness (QED) is 0.659. The minimum Gasteiger partial charge on any atom is -0.465 e. The Morgan fingerprint density at radius 3 is 2.83 bits per heavy atom. The first-order valence-electron chi connectivity index (χ1n) is 7.18. The molecule has 6 heteroatoms. The summed E-state index contributed by atoms with van der Waals surface area (Å²) in [6.07, 6.45) is 2.26. The van der Waals surface area contributed by atoms with Crippen LogP contribution in [0.1, 0.15) is 32.9 Å². The van der Waals surface area contributed by atoms with Gasteiger partial charge < -0.3 is 4.74 Å². The van der Waals surface area contributed by atoms with Crippen LogP contribution in [-0.4, -0.2) is 27.7 Å². The molecule has 0 fully saturated rings. The monoisotopic (exact) mass is 373 g/mol. The molecule has 0 radical (unpaired) electrons. The summed E-state index contributed by atoms with van der Waals surface area (Å²) in [5.41, 5.74) is 5.07. The Labute approximate surface area is 142 Å². The molecule has 1 aromatic carbocycles. The van der Waals surface area contributed by atoms with E-state index in [0.717, 1.165) is 27.8 Å². The van der Waals surface area contributed by atoms with Crippen molar-refractivity contribution in [2.75, 3.05) is 7.11 Å². The van der Waals surface area contributed by atoms with Gasteiger partial charge in [0.2, 0.25) is 0 Å². The summed E-state index contributed by atoms with van der Waals surface area (Å²) in [5.74, 6) is -0.425. The van der Waals surface area contributed by atoms with E-state index in [4.69, 9.17) is 4.74 Å². The van der Waals surface area contributed by atoms with Gasteiger partial charge in [-0.3, -0.25) is 0 Å². The van der Waals surface area contributed by atoms with Crippen LogP contribution in [0, 0.1) is 13.8 Å². The van der Waals surface area contributed by atoms with E-state index in [0.29, 0.717) is 11.2 Å². The van der Waals surface area contributed by atoms with Gasteiger partial charge in [0.1, 0.15) is 5.56 Å². The standard InChI is InChI=1S/C17H16BrN3O2/c1-10-14(8-12-5-4-6-13(18)7-12)11(2)21-16(20-10)15(9-19-21)17(22)23-3/h4-7,9H,8H2,1-3H3. The van der Waals surface area contributed by atoms with Crippen LogP contribution in [0.5, 0.6) is 0 Å². The van der Waals surface area contributed by atoms with Crippen molar-refractivity contribution in [3.63, 3.8) is 0 Å². The van der Waals surface area contributed by atoms with E-state index in [1.54, 1.807) is 4.52 Å². The number of esters is 1. The molecule has 0 spiro atoms. The molecule has 118 valence electrons. The molecule has 0 saturated heterocycles. The van der Waals surface area contributed by atoms with Crippen LogP contribution < -0.4 is 0 Å². The van der Waals surface area contributed by atoms with Crippen LogP contribution in [0.2, 0.25) is 0 Å². The highest BCUT2D eigenvalue weighted by Gasteiger charge is 2.18. The smallest absolute Gasteiger partial charge is 0.343 e. The topological polar surface area (TPSA) is 56.5 Å². The van der Waals surface area contributed by atoms with Gasteiger partial charge in [0.05, 0.1) is 13.3 Å². The van der Waals surface area contributed by atoms with Gasteiger partial charge in [-0.1, -0.05) is 28.1 Å². The number of hydrogen-bond donors (Lipinski definition) is 0. The number of carbonyl (C=O) groups excluding carboxylic acids is 1. The maximum Gasteiger partial charge on any atom is 0.343 e. The molecule has 0 aliphatic rings. The number of methoxy groups -OCH3 is 1. The molecular formula is C17H16BrN3O2. The van der Waals surface area contributed by atoms with Crippen LogP contribution in [0.15, 0.2) is 34.9 Å². The van der Waals surface area contributed by atoms with Gasteiger partial charge in [0.15, 0.2) is 5.65 Å². The van der Waals surface area contributed by atoms with Crippen molar-refractivity contribution < 1.29 is 9.53 Å². The lowest BCUT2D eigenvalue weighted by Gasteiger charge is -2.12. The maximum absolute atomic E-state index is 11.8. The Bertz CT molecular complexity index is 902. The third kappa shape index (κ3) is 2.86. The van der Waals surface area contributed by atoms with Gasteiger partial charge in [-0.05, 0) is 37.1 Å². The molecule has 3 rings (SSSR count). The first-order valence-corrected chi connectivity index (χ1v) is 7.97. The average Bonchev–Trinajstić information content (AvgIpc) is 2.94. The normalized spacial score (nSPS) is 11.0. The number of halogens is 1. The summed E-state index contributed by atoms with van der Waals surface area (Å²) in [5, 5.41) is 4.29. The zero-order valence-electron chi connectivity index (χ0n) is 13.1. The number of fused-ring (bicyclic) bond motifs is 1. The van der Waals surface area contributed by atoms with E-state index >= 15 is 0 Å². The van der Waals surface area contributed by atoms with Gasteiger partial charge in [-0.15, -0.1) is 0 Å². The Morgan fingerprint density at radius 1 is 1.35 bits per heavy atom. The molecule has 5 nitrogen and oxygen atoms in total. The molecule has 2 aromatic heterocycles. The van der Waals surface area contributed by atoms with Gasteiger partial charge in [0.25, 0.3) is 0 Å². The number of aryl methyl sites for hydroxylation is 2. The Kier molecular flexibility index (Phi) is 4.17. The number of hydrogen-bond acceptors (Lipinski definition) is 4. The molecule has 0 aliphatic carbocycles. The van der Waals surface area contributed by atoms with Gasteiger partial charge >= 0.3 is 5.97 Å². The second-order valence-corrected chi connectivity index (χ2v) is 6.27. The Hall–Kier alpha value is -2.21. The zero-order chi connectivity index (χ0) is 16.6. The van der Waals surface area contributed by atoms with Crippen molar-refractivity contribution in [1.82, 2.24) is 14.6 Å². The van der Waals surface area contributed by atoms with Crippen molar-refractivity contribution in [2.24, 2.45) is 0 Å². The molecule has 3 aromatic rings. The number of ether oxygens (including phenoxy) is 1. The molecule has 0 amide bonds. The fourth-order valence-corrected chi connectivity index (χ4v) is 3.12. The third-order valence-electron chi connectivity index (χ3n) is 3.88. The van der Waals surface area contributed by atoms with Crippen molar-refractivity contribution in [3.05, 3.63) is 63.0 Å².